The molecule has 1 N–H and O–H groups in total. The summed E-state index contributed by atoms with van der Waals surface area (Å²) in [6.45, 7) is 2.09. The lowest BCUT2D eigenvalue weighted by Gasteiger charge is -2.06. The van der Waals surface area contributed by atoms with Gasteiger partial charge in [0.1, 0.15) is 23.5 Å². The zero-order valence-electron chi connectivity index (χ0n) is 14.5. The molecular weight excluding hydrogens is 349 g/mol. The van der Waals surface area contributed by atoms with Gasteiger partial charge in [-0.25, -0.2) is 9.37 Å². The van der Waals surface area contributed by atoms with E-state index in [1.165, 1.54) is 12.3 Å². The van der Waals surface area contributed by atoms with Crippen molar-refractivity contribution in [2.45, 2.75) is 19.9 Å². The van der Waals surface area contributed by atoms with Gasteiger partial charge in [-0.1, -0.05) is 30.3 Å². The SMILES string of the molecule is CCc1cnc(-c2cc(-c3ccon3)n(Cc3ccccc3F)n2)[nH]c1=O. The lowest BCUT2D eigenvalue weighted by atomic mass is 10.2. The molecule has 8 heteroatoms. The molecule has 7 nitrogen and oxygen atoms in total. The van der Waals surface area contributed by atoms with Gasteiger partial charge in [0.15, 0.2) is 5.82 Å². The topological polar surface area (TPSA) is 89.6 Å². The number of aromatic nitrogens is 5. The number of nitrogens with zero attached hydrogens (tertiary/aromatic N) is 4. The molecule has 3 aromatic heterocycles. The summed E-state index contributed by atoms with van der Waals surface area (Å²) < 4.78 is 20.6. The van der Waals surface area contributed by atoms with Gasteiger partial charge in [-0.2, -0.15) is 5.10 Å². The van der Waals surface area contributed by atoms with Gasteiger partial charge in [0, 0.05) is 23.4 Å². The van der Waals surface area contributed by atoms with Crippen LogP contribution >= 0.6 is 0 Å². The number of benzene rings is 1. The number of rotatable bonds is 5. The highest BCUT2D eigenvalue weighted by Crippen LogP contribution is 2.24. The highest BCUT2D eigenvalue weighted by molar-refractivity contribution is 5.62. The molecule has 4 aromatic rings. The zero-order valence-corrected chi connectivity index (χ0v) is 14.5. The van der Waals surface area contributed by atoms with Crippen molar-refractivity contribution in [1.82, 2.24) is 24.9 Å². The number of aromatic amines is 1. The highest BCUT2D eigenvalue weighted by Gasteiger charge is 2.16. The van der Waals surface area contributed by atoms with Gasteiger partial charge in [0.25, 0.3) is 5.56 Å². The van der Waals surface area contributed by atoms with Crippen molar-refractivity contribution in [3.63, 3.8) is 0 Å². The van der Waals surface area contributed by atoms with E-state index in [-0.39, 0.29) is 17.9 Å². The van der Waals surface area contributed by atoms with Crippen LogP contribution in [-0.2, 0) is 13.0 Å². The number of hydrogen-bond donors (Lipinski definition) is 1. The van der Waals surface area contributed by atoms with Gasteiger partial charge in [0.2, 0.25) is 0 Å². The smallest absolute Gasteiger partial charge is 0.254 e. The van der Waals surface area contributed by atoms with Crippen LogP contribution in [0.15, 0.2) is 58.2 Å². The summed E-state index contributed by atoms with van der Waals surface area (Å²) in [4.78, 5) is 19.1. The molecule has 0 radical (unpaired) electrons. The first-order valence-electron chi connectivity index (χ1n) is 8.46. The Hall–Kier alpha value is -3.55. The fraction of sp³-hybridized carbons (Fsp3) is 0.158. The van der Waals surface area contributed by atoms with Crippen LogP contribution in [0.4, 0.5) is 4.39 Å². The summed E-state index contributed by atoms with van der Waals surface area (Å²) in [5.74, 6) is 0.0220. The van der Waals surface area contributed by atoms with Gasteiger partial charge < -0.3 is 9.51 Å². The second-order valence-corrected chi connectivity index (χ2v) is 5.99. The normalized spacial score (nSPS) is 11.0. The van der Waals surface area contributed by atoms with Gasteiger partial charge in [-0.05, 0) is 18.6 Å². The van der Waals surface area contributed by atoms with E-state index in [1.54, 1.807) is 41.2 Å². The van der Waals surface area contributed by atoms with Crippen molar-refractivity contribution in [2.75, 3.05) is 0 Å². The van der Waals surface area contributed by atoms with E-state index < -0.39 is 0 Å². The summed E-state index contributed by atoms with van der Waals surface area (Å²) in [7, 11) is 0. The minimum atomic E-state index is -0.320. The van der Waals surface area contributed by atoms with Crippen LogP contribution < -0.4 is 5.56 Å². The van der Waals surface area contributed by atoms with E-state index in [9.17, 15) is 9.18 Å². The van der Waals surface area contributed by atoms with Crippen molar-refractivity contribution in [3.05, 3.63) is 76.2 Å². The van der Waals surface area contributed by atoms with E-state index >= 15 is 0 Å². The molecule has 27 heavy (non-hydrogen) atoms. The number of hydrogen-bond acceptors (Lipinski definition) is 5. The van der Waals surface area contributed by atoms with Crippen LogP contribution in [0.1, 0.15) is 18.1 Å². The van der Waals surface area contributed by atoms with Crippen molar-refractivity contribution in [3.8, 4) is 22.9 Å². The number of nitrogens with one attached hydrogen (secondary N) is 1. The van der Waals surface area contributed by atoms with Crippen LogP contribution in [-0.4, -0.2) is 24.9 Å². The first-order valence-corrected chi connectivity index (χ1v) is 8.46. The number of H-pyrrole nitrogens is 1. The molecule has 0 aliphatic carbocycles. The molecule has 0 spiro atoms. The predicted octanol–water partition coefficient (Wildman–Crippen LogP) is 3.04. The minimum Gasteiger partial charge on any atom is -0.364 e. The van der Waals surface area contributed by atoms with Crippen molar-refractivity contribution in [2.24, 2.45) is 0 Å². The van der Waals surface area contributed by atoms with E-state index in [0.29, 0.717) is 40.5 Å². The Bertz CT molecular complexity index is 1130. The van der Waals surface area contributed by atoms with Gasteiger partial charge in [-0.15, -0.1) is 0 Å². The van der Waals surface area contributed by atoms with Crippen molar-refractivity contribution >= 4 is 0 Å². The third kappa shape index (κ3) is 3.29. The number of aryl methyl sites for hydroxylation is 1. The summed E-state index contributed by atoms with van der Waals surface area (Å²) in [5.41, 5.74) is 2.53. The molecule has 0 aliphatic heterocycles. The first-order chi connectivity index (χ1) is 13.2. The molecule has 0 saturated heterocycles. The highest BCUT2D eigenvalue weighted by atomic mass is 19.1. The Kier molecular flexibility index (Phi) is 4.37. The molecular formula is C19H16FN5O2. The first kappa shape index (κ1) is 16.9. The average Bonchev–Trinajstić information content (AvgIpc) is 3.33. The van der Waals surface area contributed by atoms with Crippen LogP contribution in [0.2, 0.25) is 0 Å². The predicted molar refractivity (Wildman–Crippen MR) is 96.5 cm³/mol. The van der Waals surface area contributed by atoms with Crippen molar-refractivity contribution in [1.29, 1.82) is 0 Å². The Balaban J connectivity index is 1.80. The van der Waals surface area contributed by atoms with E-state index in [2.05, 4.69) is 20.2 Å². The van der Waals surface area contributed by atoms with Gasteiger partial charge in [0.05, 0.1) is 12.2 Å². The fourth-order valence-corrected chi connectivity index (χ4v) is 2.80. The monoisotopic (exact) mass is 365 g/mol. The molecule has 3 heterocycles. The maximum absolute atomic E-state index is 14.1. The maximum atomic E-state index is 14.1. The second kappa shape index (κ2) is 6.99. The third-order valence-electron chi connectivity index (χ3n) is 4.25. The molecule has 0 saturated carbocycles. The zero-order chi connectivity index (χ0) is 18.8. The van der Waals surface area contributed by atoms with E-state index in [0.717, 1.165) is 0 Å². The molecule has 136 valence electrons. The summed E-state index contributed by atoms with van der Waals surface area (Å²) >= 11 is 0. The lowest BCUT2D eigenvalue weighted by Crippen LogP contribution is -2.14. The Morgan fingerprint density at radius 2 is 2.04 bits per heavy atom. The average molecular weight is 365 g/mol. The van der Waals surface area contributed by atoms with Crippen molar-refractivity contribution < 1.29 is 8.91 Å². The maximum Gasteiger partial charge on any atom is 0.254 e. The molecule has 0 amide bonds. The molecule has 4 rings (SSSR count). The Morgan fingerprint density at radius 1 is 1.19 bits per heavy atom. The number of halogens is 1. The van der Waals surface area contributed by atoms with Crippen LogP contribution in [0.3, 0.4) is 0 Å². The fourth-order valence-electron chi connectivity index (χ4n) is 2.80. The van der Waals surface area contributed by atoms with E-state index in [4.69, 9.17) is 4.52 Å². The largest absolute Gasteiger partial charge is 0.364 e. The minimum absolute atomic E-state index is 0.200. The van der Waals surface area contributed by atoms with Gasteiger partial charge in [-0.3, -0.25) is 9.48 Å². The van der Waals surface area contributed by atoms with Crippen LogP contribution in [0, 0.1) is 5.82 Å². The van der Waals surface area contributed by atoms with E-state index in [1.807, 2.05) is 6.92 Å². The molecule has 0 atom stereocenters. The van der Waals surface area contributed by atoms with Crippen LogP contribution in [0.5, 0.6) is 0 Å². The Morgan fingerprint density at radius 3 is 2.74 bits per heavy atom. The molecule has 0 fully saturated rings. The quantitative estimate of drug-likeness (QED) is 0.587. The summed E-state index contributed by atoms with van der Waals surface area (Å²) in [6.07, 6.45) is 3.58. The second-order valence-electron chi connectivity index (χ2n) is 5.99. The van der Waals surface area contributed by atoms with Crippen LogP contribution in [0.25, 0.3) is 22.9 Å². The molecule has 0 aliphatic rings. The molecule has 1 aromatic carbocycles. The third-order valence-corrected chi connectivity index (χ3v) is 4.25. The lowest BCUT2D eigenvalue weighted by molar-refractivity contribution is 0.421. The molecule has 0 bridgehead atoms. The summed E-state index contributed by atoms with van der Waals surface area (Å²) in [5, 5.41) is 8.45. The standard InChI is InChI=1S/C19H16FN5O2/c1-2-12-10-21-18(22-19(12)26)16-9-17(15-7-8-27-24-15)25(23-16)11-13-5-3-4-6-14(13)20/h3-10H,2,11H2,1H3,(H,21,22,26). The molecule has 0 unspecified atom stereocenters. The van der Waals surface area contributed by atoms with Gasteiger partial charge >= 0.3 is 0 Å². The Labute approximate surface area is 153 Å². The summed E-state index contributed by atoms with van der Waals surface area (Å²) in [6, 6.07) is 9.92.